The monoisotopic (exact) mass is 222 g/mol. The maximum atomic E-state index is 13.1. The summed E-state index contributed by atoms with van der Waals surface area (Å²) in [6.45, 7) is 1.49. The maximum absolute atomic E-state index is 13.1. The van der Waals surface area contributed by atoms with Crippen molar-refractivity contribution >= 4 is 35.8 Å². The van der Waals surface area contributed by atoms with E-state index in [0.29, 0.717) is 0 Å². The van der Waals surface area contributed by atoms with E-state index in [1.807, 2.05) is 0 Å². The second-order valence-corrected chi connectivity index (χ2v) is 3.38. The van der Waals surface area contributed by atoms with Crippen molar-refractivity contribution in [2.75, 3.05) is 0 Å². The number of aryl methyl sites for hydroxylation is 1. The Morgan fingerprint density at radius 1 is 1.38 bits per heavy atom. The molecule has 13 heavy (non-hydrogen) atoms. The molecule has 1 rings (SSSR count). The average molecular weight is 223 g/mol. The molecule has 0 amide bonds. The van der Waals surface area contributed by atoms with Crippen LogP contribution in [0, 0.1) is 12.7 Å². The highest BCUT2D eigenvalue weighted by Gasteiger charge is 2.23. The van der Waals surface area contributed by atoms with Crippen LogP contribution < -0.4 is 5.46 Å². The highest BCUT2D eigenvalue weighted by molar-refractivity contribution is 6.66. The summed E-state index contributed by atoms with van der Waals surface area (Å²) in [5.74, 6) is -0.686. The largest absolute Gasteiger partial charge is 0.491 e. The van der Waals surface area contributed by atoms with Gasteiger partial charge in [0.2, 0.25) is 0 Å². The Kier molecular flexibility index (Phi) is 3.19. The van der Waals surface area contributed by atoms with Crippen LogP contribution in [0.4, 0.5) is 4.39 Å². The molecule has 0 saturated heterocycles. The number of halogens is 3. The fraction of sp³-hybridized carbons (Fsp3) is 0.143. The molecule has 2 N–H and O–H groups in total. The molecule has 70 valence electrons. The lowest BCUT2D eigenvalue weighted by molar-refractivity contribution is 0.425. The van der Waals surface area contributed by atoms with Gasteiger partial charge in [-0.2, -0.15) is 0 Å². The third kappa shape index (κ3) is 1.97. The molecule has 0 aliphatic rings. The van der Waals surface area contributed by atoms with Gasteiger partial charge in [-0.25, -0.2) is 4.39 Å². The second kappa shape index (κ2) is 3.84. The van der Waals surface area contributed by atoms with Crippen LogP contribution in [-0.2, 0) is 0 Å². The first-order valence-electron chi connectivity index (χ1n) is 3.45. The van der Waals surface area contributed by atoms with E-state index in [4.69, 9.17) is 33.2 Å². The van der Waals surface area contributed by atoms with E-state index < -0.39 is 12.9 Å². The Balaban J connectivity index is 3.44. The summed E-state index contributed by atoms with van der Waals surface area (Å²) in [4.78, 5) is 0. The van der Waals surface area contributed by atoms with Gasteiger partial charge >= 0.3 is 7.12 Å². The quantitative estimate of drug-likeness (QED) is 0.553. The van der Waals surface area contributed by atoms with Crippen molar-refractivity contribution < 1.29 is 14.4 Å². The van der Waals surface area contributed by atoms with Crippen molar-refractivity contribution in [3.8, 4) is 0 Å². The van der Waals surface area contributed by atoms with Crippen LogP contribution >= 0.6 is 23.2 Å². The third-order valence-corrected chi connectivity index (χ3v) is 2.32. The van der Waals surface area contributed by atoms with Crippen LogP contribution in [0.5, 0.6) is 0 Å². The predicted molar refractivity (Wildman–Crippen MR) is 51.0 cm³/mol. The average Bonchev–Trinajstić information content (AvgIpc) is 1.99. The summed E-state index contributed by atoms with van der Waals surface area (Å²) in [5, 5.41) is 17.3. The van der Waals surface area contributed by atoms with Crippen LogP contribution in [0.3, 0.4) is 0 Å². The van der Waals surface area contributed by atoms with E-state index in [9.17, 15) is 4.39 Å². The minimum atomic E-state index is -1.87. The molecule has 0 aromatic heterocycles. The lowest BCUT2D eigenvalue weighted by Gasteiger charge is -2.08. The summed E-state index contributed by atoms with van der Waals surface area (Å²) in [5.41, 5.74) is 0.0610. The molecule has 1 aromatic carbocycles. The number of rotatable bonds is 1. The minimum absolute atomic E-state index is 0.0406. The van der Waals surface area contributed by atoms with Gasteiger partial charge < -0.3 is 10.0 Å². The summed E-state index contributed by atoms with van der Waals surface area (Å²) >= 11 is 11.1. The third-order valence-electron chi connectivity index (χ3n) is 1.63. The summed E-state index contributed by atoms with van der Waals surface area (Å²) in [6.07, 6.45) is 0. The van der Waals surface area contributed by atoms with E-state index in [0.717, 1.165) is 0 Å². The zero-order valence-corrected chi connectivity index (χ0v) is 8.19. The van der Waals surface area contributed by atoms with Gasteiger partial charge in [0.1, 0.15) is 5.82 Å². The number of hydrogen-bond acceptors (Lipinski definition) is 2. The Labute approximate surface area is 85.0 Å². The van der Waals surface area contributed by atoms with Crippen LogP contribution in [0.2, 0.25) is 10.0 Å². The molecule has 0 aliphatic heterocycles. The molecule has 0 saturated carbocycles. The van der Waals surface area contributed by atoms with Crippen molar-refractivity contribution in [3.05, 3.63) is 27.5 Å². The van der Waals surface area contributed by atoms with Gasteiger partial charge in [0.05, 0.1) is 5.02 Å². The van der Waals surface area contributed by atoms with E-state index >= 15 is 0 Å². The molecule has 0 radical (unpaired) electrons. The Morgan fingerprint density at radius 3 is 2.38 bits per heavy atom. The molecule has 0 fully saturated rings. The van der Waals surface area contributed by atoms with E-state index in [-0.39, 0.29) is 21.1 Å². The van der Waals surface area contributed by atoms with Gasteiger partial charge in [-0.1, -0.05) is 23.2 Å². The molecule has 0 heterocycles. The van der Waals surface area contributed by atoms with Gasteiger partial charge in [0.25, 0.3) is 0 Å². The fourth-order valence-corrected chi connectivity index (χ4v) is 1.72. The van der Waals surface area contributed by atoms with E-state index in [1.165, 1.54) is 13.0 Å². The molecule has 0 atom stereocenters. The molecular weight excluding hydrogens is 217 g/mol. The zero-order chi connectivity index (χ0) is 10.2. The van der Waals surface area contributed by atoms with Crippen molar-refractivity contribution in [2.24, 2.45) is 0 Å². The normalized spacial score (nSPS) is 10.3. The Hall–Kier alpha value is -0.285. The summed E-state index contributed by atoms with van der Waals surface area (Å²) in [6, 6.07) is 1.29. The molecule has 1 aromatic rings. The topological polar surface area (TPSA) is 40.5 Å². The van der Waals surface area contributed by atoms with E-state index in [2.05, 4.69) is 0 Å². The summed E-state index contributed by atoms with van der Waals surface area (Å²) < 4.78 is 13.1. The first kappa shape index (κ1) is 10.8. The van der Waals surface area contributed by atoms with Crippen LogP contribution in [0.1, 0.15) is 5.56 Å². The van der Waals surface area contributed by atoms with Crippen molar-refractivity contribution in [1.82, 2.24) is 0 Å². The Bertz CT molecular complexity index is 344. The second-order valence-electron chi connectivity index (χ2n) is 2.59. The van der Waals surface area contributed by atoms with Crippen LogP contribution in [0.25, 0.3) is 0 Å². The number of hydrogen-bond donors (Lipinski definition) is 2. The molecule has 0 unspecified atom stereocenters. The highest BCUT2D eigenvalue weighted by Crippen LogP contribution is 2.21. The lowest BCUT2D eigenvalue weighted by Crippen LogP contribution is -2.32. The standard InChI is InChI=1S/C7H6BCl2FO2/c1-3-2-4(9)5(8(12)13)6(10)7(3)11/h2,12-13H,1H3. The van der Waals surface area contributed by atoms with Crippen LogP contribution in [0.15, 0.2) is 6.07 Å². The predicted octanol–water partition coefficient (Wildman–Crippen LogP) is 1.12. The van der Waals surface area contributed by atoms with Gasteiger partial charge in [-0.05, 0) is 18.6 Å². The van der Waals surface area contributed by atoms with E-state index in [1.54, 1.807) is 0 Å². The zero-order valence-electron chi connectivity index (χ0n) is 6.68. The SMILES string of the molecule is Cc1cc(Cl)c(B(O)O)c(Cl)c1F. The van der Waals surface area contributed by atoms with Gasteiger partial charge in [0, 0.05) is 10.5 Å². The first-order valence-corrected chi connectivity index (χ1v) is 4.21. The first-order chi connectivity index (χ1) is 5.95. The van der Waals surface area contributed by atoms with Crippen molar-refractivity contribution in [2.45, 2.75) is 6.92 Å². The van der Waals surface area contributed by atoms with Gasteiger partial charge in [-0.3, -0.25) is 0 Å². The number of benzene rings is 1. The molecule has 6 heteroatoms. The lowest BCUT2D eigenvalue weighted by atomic mass is 9.79. The fourth-order valence-electron chi connectivity index (χ4n) is 0.964. The van der Waals surface area contributed by atoms with Crippen molar-refractivity contribution in [1.29, 1.82) is 0 Å². The van der Waals surface area contributed by atoms with Gasteiger partial charge in [0.15, 0.2) is 0 Å². The van der Waals surface area contributed by atoms with Crippen molar-refractivity contribution in [3.63, 3.8) is 0 Å². The molecule has 2 nitrogen and oxygen atoms in total. The van der Waals surface area contributed by atoms with Crippen LogP contribution in [-0.4, -0.2) is 17.2 Å². The highest BCUT2D eigenvalue weighted by atomic mass is 35.5. The maximum Gasteiger partial charge on any atom is 0.491 e. The van der Waals surface area contributed by atoms with Gasteiger partial charge in [-0.15, -0.1) is 0 Å². The molecular formula is C7H6BCl2FO2. The summed E-state index contributed by atoms with van der Waals surface area (Å²) in [7, 11) is -1.87. The molecule has 0 aliphatic carbocycles. The smallest absolute Gasteiger partial charge is 0.423 e. The Morgan fingerprint density at radius 2 is 1.92 bits per heavy atom. The molecule has 0 bridgehead atoms. The minimum Gasteiger partial charge on any atom is -0.423 e. The molecule has 0 spiro atoms.